The summed E-state index contributed by atoms with van der Waals surface area (Å²) in [4.78, 5) is 28.6. The van der Waals surface area contributed by atoms with E-state index < -0.39 is 5.41 Å². The van der Waals surface area contributed by atoms with Gasteiger partial charge in [0.05, 0.1) is 17.7 Å². The molecule has 0 spiro atoms. The van der Waals surface area contributed by atoms with Crippen molar-refractivity contribution in [3.63, 3.8) is 0 Å². The molecule has 0 aromatic carbocycles. The first-order chi connectivity index (χ1) is 13.0. The Morgan fingerprint density at radius 2 is 2.11 bits per heavy atom. The van der Waals surface area contributed by atoms with Gasteiger partial charge in [0.1, 0.15) is 0 Å². The highest BCUT2D eigenvalue weighted by atomic mass is 16.2. The molecule has 0 bridgehead atoms. The average molecular weight is 369 g/mol. The lowest BCUT2D eigenvalue weighted by Crippen LogP contribution is -2.58. The lowest BCUT2D eigenvalue weighted by molar-refractivity contribution is -0.140. The summed E-state index contributed by atoms with van der Waals surface area (Å²) in [5.74, 6) is 0.933. The molecule has 1 amide bonds. The van der Waals surface area contributed by atoms with Gasteiger partial charge < -0.3 is 9.80 Å². The van der Waals surface area contributed by atoms with Crippen molar-refractivity contribution in [3.8, 4) is 0 Å². The summed E-state index contributed by atoms with van der Waals surface area (Å²) < 4.78 is 1.82. The van der Waals surface area contributed by atoms with Crippen molar-refractivity contribution < 1.29 is 4.79 Å². The minimum absolute atomic E-state index is 0.0835. The predicted octanol–water partition coefficient (Wildman–Crippen LogP) is 0.769. The van der Waals surface area contributed by atoms with Crippen molar-refractivity contribution in [2.45, 2.75) is 25.4 Å². The van der Waals surface area contributed by atoms with Crippen LogP contribution in [0.2, 0.25) is 0 Å². The third kappa shape index (κ3) is 3.18. The highest BCUT2D eigenvalue weighted by Crippen LogP contribution is 2.44. The lowest BCUT2D eigenvalue weighted by atomic mass is 9.74. The van der Waals surface area contributed by atoms with E-state index in [2.05, 4.69) is 24.9 Å². The fraction of sp³-hybridized carbons (Fsp3) is 0.579. The number of fused-ring (bicyclic) bond motifs is 1. The molecule has 27 heavy (non-hydrogen) atoms. The first-order valence-electron chi connectivity index (χ1n) is 9.45. The molecule has 2 aromatic heterocycles. The van der Waals surface area contributed by atoms with Gasteiger partial charge in [-0.2, -0.15) is 5.10 Å². The van der Waals surface area contributed by atoms with Crippen molar-refractivity contribution in [2.24, 2.45) is 12.5 Å². The van der Waals surface area contributed by atoms with Crippen LogP contribution in [0.15, 0.2) is 30.9 Å². The second-order valence-electron chi connectivity index (χ2n) is 7.91. The van der Waals surface area contributed by atoms with E-state index in [0.717, 1.165) is 45.0 Å². The summed E-state index contributed by atoms with van der Waals surface area (Å²) in [6, 6.07) is 1.91. The number of aryl methyl sites for hydroxylation is 1. The van der Waals surface area contributed by atoms with E-state index in [-0.39, 0.29) is 11.9 Å². The lowest BCUT2D eigenvalue weighted by Gasteiger charge is -2.45. The van der Waals surface area contributed by atoms with Gasteiger partial charge in [0, 0.05) is 71.5 Å². The Balaban J connectivity index is 1.66. The van der Waals surface area contributed by atoms with E-state index in [1.165, 1.54) is 5.56 Å². The third-order valence-corrected chi connectivity index (χ3v) is 5.78. The summed E-state index contributed by atoms with van der Waals surface area (Å²) >= 11 is 0. The maximum Gasteiger partial charge on any atom is 0.231 e. The number of amides is 1. The topological polar surface area (TPSA) is 70.4 Å². The first-order valence-corrected chi connectivity index (χ1v) is 9.45. The van der Waals surface area contributed by atoms with Gasteiger partial charge in [0.2, 0.25) is 11.9 Å². The van der Waals surface area contributed by atoms with Crippen LogP contribution in [0, 0.1) is 5.41 Å². The highest BCUT2D eigenvalue weighted by molar-refractivity contribution is 5.85. The summed E-state index contributed by atoms with van der Waals surface area (Å²) in [5.41, 5.74) is 0.759. The van der Waals surface area contributed by atoms with Crippen molar-refractivity contribution in [3.05, 3.63) is 36.4 Å². The van der Waals surface area contributed by atoms with E-state index in [9.17, 15) is 4.79 Å². The molecule has 2 aliphatic rings. The zero-order chi connectivity index (χ0) is 19.0. The van der Waals surface area contributed by atoms with Gasteiger partial charge in [-0.25, -0.2) is 9.97 Å². The summed E-state index contributed by atoms with van der Waals surface area (Å²) in [6.45, 7) is 3.27. The monoisotopic (exact) mass is 369 g/mol. The molecule has 0 unspecified atom stereocenters. The molecule has 4 rings (SSSR count). The molecule has 2 fully saturated rings. The molecular formula is C19H27N7O. The van der Waals surface area contributed by atoms with Crippen molar-refractivity contribution >= 4 is 11.9 Å². The van der Waals surface area contributed by atoms with E-state index >= 15 is 0 Å². The van der Waals surface area contributed by atoms with E-state index in [1.54, 1.807) is 17.3 Å². The Morgan fingerprint density at radius 1 is 1.33 bits per heavy atom. The number of likely N-dealkylation sites (tertiary alicyclic amines) is 1. The highest BCUT2D eigenvalue weighted by Gasteiger charge is 2.56. The number of carbonyl (C=O) groups excluding carboxylic acids is 1. The van der Waals surface area contributed by atoms with E-state index in [1.807, 2.05) is 44.3 Å². The van der Waals surface area contributed by atoms with Gasteiger partial charge in [-0.1, -0.05) is 0 Å². The normalized spacial score (nSPS) is 25.4. The first kappa shape index (κ1) is 17.9. The van der Waals surface area contributed by atoms with Crippen LogP contribution in [0.4, 0.5) is 5.95 Å². The second kappa shape index (κ2) is 6.92. The molecule has 4 heterocycles. The largest absolute Gasteiger partial charge is 0.348 e. The maximum atomic E-state index is 13.3. The maximum absolute atomic E-state index is 13.3. The fourth-order valence-corrected chi connectivity index (χ4v) is 4.72. The molecule has 0 radical (unpaired) electrons. The minimum atomic E-state index is -0.414. The zero-order valence-corrected chi connectivity index (χ0v) is 16.2. The molecule has 144 valence electrons. The Labute approximate surface area is 159 Å². The number of aromatic nitrogens is 4. The van der Waals surface area contributed by atoms with Gasteiger partial charge in [0.15, 0.2) is 0 Å². The van der Waals surface area contributed by atoms with Crippen molar-refractivity contribution in [1.82, 2.24) is 29.5 Å². The van der Waals surface area contributed by atoms with Crippen LogP contribution in [0.3, 0.4) is 0 Å². The molecule has 2 aliphatic heterocycles. The number of anilines is 1. The van der Waals surface area contributed by atoms with Crippen LogP contribution in [-0.2, 0) is 18.4 Å². The van der Waals surface area contributed by atoms with Crippen LogP contribution in [-0.4, -0.2) is 75.2 Å². The Hall–Kier alpha value is -2.48. The van der Waals surface area contributed by atoms with Gasteiger partial charge in [-0.05, 0) is 18.9 Å². The Morgan fingerprint density at radius 3 is 2.78 bits per heavy atom. The second-order valence-corrected chi connectivity index (χ2v) is 7.91. The van der Waals surface area contributed by atoms with Crippen LogP contribution < -0.4 is 4.90 Å². The van der Waals surface area contributed by atoms with Crippen LogP contribution >= 0.6 is 0 Å². The SMILES string of the molecule is CN(C)C(=O)[C@]12CCCN(c3ncccn3)[C@H]1CN(Cc1cnn(C)c1)C2. The van der Waals surface area contributed by atoms with Gasteiger partial charge in [-0.15, -0.1) is 0 Å². The molecule has 2 saturated heterocycles. The molecule has 2 atom stereocenters. The third-order valence-electron chi connectivity index (χ3n) is 5.78. The number of nitrogens with zero attached hydrogens (tertiary/aromatic N) is 7. The summed E-state index contributed by atoms with van der Waals surface area (Å²) in [7, 11) is 5.64. The number of rotatable bonds is 4. The molecular weight excluding hydrogens is 342 g/mol. The van der Waals surface area contributed by atoms with Crippen LogP contribution in [0.1, 0.15) is 18.4 Å². The van der Waals surface area contributed by atoms with Crippen molar-refractivity contribution in [1.29, 1.82) is 0 Å². The van der Waals surface area contributed by atoms with Crippen molar-refractivity contribution in [2.75, 3.05) is 38.6 Å². The van der Waals surface area contributed by atoms with Crippen LogP contribution in [0.5, 0.6) is 0 Å². The number of piperidine rings is 1. The van der Waals surface area contributed by atoms with Gasteiger partial charge in [-0.3, -0.25) is 14.4 Å². The minimum Gasteiger partial charge on any atom is -0.348 e. The fourth-order valence-electron chi connectivity index (χ4n) is 4.72. The van der Waals surface area contributed by atoms with E-state index in [0.29, 0.717) is 0 Å². The van der Waals surface area contributed by atoms with Crippen LogP contribution in [0.25, 0.3) is 0 Å². The van der Waals surface area contributed by atoms with E-state index in [4.69, 9.17) is 0 Å². The molecule has 0 aliphatic carbocycles. The molecule has 0 saturated carbocycles. The van der Waals surface area contributed by atoms with Gasteiger partial charge in [0.25, 0.3) is 0 Å². The summed E-state index contributed by atoms with van der Waals surface area (Å²) in [5, 5.41) is 4.28. The predicted molar refractivity (Wildman–Crippen MR) is 102 cm³/mol. The molecule has 2 aromatic rings. The standard InChI is InChI=1S/C19H27N7O/c1-23(2)17(27)19-6-4-9-26(18-20-7-5-8-21-18)16(19)13-25(14-19)12-15-10-22-24(3)11-15/h5,7-8,10-11,16H,4,6,9,12-14H2,1-3H3/t16-,19-/m0/s1. The van der Waals surface area contributed by atoms with Gasteiger partial charge >= 0.3 is 0 Å². The average Bonchev–Trinajstić information content (AvgIpc) is 3.25. The number of hydrogen-bond acceptors (Lipinski definition) is 6. The smallest absolute Gasteiger partial charge is 0.231 e. The molecule has 8 nitrogen and oxygen atoms in total. The quantitative estimate of drug-likeness (QED) is 0.793. The molecule has 8 heteroatoms. The summed E-state index contributed by atoms with van der Waals surface area (Å²) in [6.07, 6.45) is 9.36. The molecule has 0 N–H and O–H groups in total. The number of hydrogen-bond donors (Lipinski definition) is 0. The number of carbonyl (C=O) groups is 1. The Bertz CT molecular complexity index is 805. The Kier molecular flexibility index (Phi) is 4.59. The zero-order valence-electron chi connectivity index (χ0n) is 16.2.